The Bertz CT molecular complexity index is 586. The number of phenols is 1. The van der Waals surface area contributed by atoms with Crippen molar-refractivity contribution in [1.82, 2.24) is 0 Å². The summed E-state index contributed by atoms with van der Waals surface area (Å²) >= 11 is 0. The molecule has 0 fully saturated rings. The maximum atomic E-state index is 11.8. The van der Waals surface area contributed by atoms with E-state index < -0.39 is 0 Å². The van der Waals surface area contributed by atoms with E-state index >= 15 is 0 Å². The van der Waals surface area contributed by atoms with Crippen LogP contribution >= 0.6 is 0 Å². The Balaban J connectivity index is 2.17. The van der Waals surface area contributed by atoms with E-state index in [4.69, 9.17) is 5.73 Å². The minimum absolute atomic E-state index is 0.127. The third kappa shape index (κ3) is 2.77. The Kier molecular flexibility index (Phi) is 3.44. The molecule has 0 saturated carbocycles. The number of nitrogens with two attached hydrogens (primary N) is 1. The molecule has 0 unspecified atom stereocenters. The zero-order chi connectivity index (χ0) is 13.0. The molecule has 2 aromatic rings. The van der Waals surface area contributed by atoms with Crippen molar-refractivity contribution in [3.8, 4) is 5.75 Å². The normalized spacial score (nSPS) is 10.7. The highest BCUT2D eigenvalue weighted by molar-refractivity contribution is 6.07. The van der Waals surface area contributed by atoms with Crippen LogP contribution in [0.5, 0.6) is 5.75 Å². The SMILES string of the molecule is Nc1ccc(C(=O)/C=C\c2ccccc2O)cc1. The van der Waals surface area contributed by atoms with Crippen molar-refractivity contribution in [1.29, 1.82) is 0 Å². The molecule has 2 aromatic carbocycles. The van der Waals surface area contributed by atoms with Crippen molar-refractivity contribution in [2.75, 3.05) is 5.73 Å². The van der Waals surface area contributed by atoms with Crippen LogP contribution in [-0.2, 0) is 0 Å². The largest absolute Gasteiger partial charge is 0.507 e. The number of hydrogen-bond acceptors (Lipinski definition) is 3. The van der Waals surface area contributed by atoms with Gasteiger partial charge in [0.25, 0.3) is 0 Å². The summed E-state index contributed by atoms with van der Waals surface area (Å²) in [5.74, 6) is 0.0251. The predicted octanol–water partition coefficient (Wildman–Crippen LogP) is 2.87. The number of aromatic hydroxyl groups is 1. The molecular formula is C15H13NO2. The molecule has 90 valence electrons. The number of phenolic OH excluding ortho intramolecular Hbond substituents is 1. The number of carbonyl (C=O) groups is 1. The first kappa shape index (κ1) is 11.9. The van der Waals surface area contributed by atoms with E-state index in [0.717, 1.165) is 0 Å². The van der Waals surface area contributed by atoms with Gasteiger partial charge < -0.3 is 10.8 Å². The summed E-state index contributed by atoms with van der Waals surface area (Å²) in [5.41, 5.74) is 7.35. The summed E-state index contributed by atoms with van der Waals surface area (Å²) < 4.78 is 0. The van der Waals surface area contributed by atoms with Crippen LogP contribution in [0.2, 0.25) is 0 Å². The molecule has 0 aliphatic heterocycles. The van der Waals surface area contributed by atoms with Crippen molar-refractivity contribution in [2.24, 2.45) is 0 Å². The Morgan fingerprint density at radius 3 is 2.39 bits per heavy atom. The second-order valence-electron chi connectivity index (χ2n) is 3.88. The van der Waals surface area contributed by atoms with Gasteiger partial charge in [0.1, 0.15) is 5.75 Å². The topological polar surface area (TPSA) is 63.3 Å². The fourth-order valence-corrected chi connectivity index (χ4v) is 1.54. The standard InChI is InChI=1S/C15H13NO2/c16-13-8-5-12(6-9-13)15(18)10-7-11-3-1-2-4-14(11)17/h1-10,17H,16H2/b10-7-. The van der Waals surface area contributed by atoms with Crippen LogP contribution in [0.15, 0.2) is 54.6 Å². The van der Waals surface area contributed by atoms with Gasteiger partial charge in [0, 0.05) is 16.8 Å². The summed E-state index contributed by atoms with van der Waals surface area (Å²) in [6.45, 7) is 0. The first-order valence-corrected chi connectivity index (χ1v) is 5.53. The average molecular weight is 239 g/mol. The number of para-hydroxylation sites is 1. The van der Waals surface area contributed by atoms with E-state index in [1.807, 2.05) is 0 Å². The molecule has 3 N–H and O–H groups in total. The molecule has 0 aromatic heterocycles. The first-order chi connectivity index (χ1) is 8.66. The molecule has 0 spiro atoms. The molecule has 3 heteroatoms. The van der Waals surface area contributed by atoms with Gasteiger partial charge >= 0.3 is 0 Å². The summed E-state index contributed by atoms with van der Waals surface area (Å²) in [7, 11) is 0. The van der Waals surface area contributed by atoms with E-state index in [0.29, 0.717) is 16.8 Å². The van der Waals surface area contributed by atoms with Gasteiger partial charge in [-0.05, 0) is 42.5 Å². The van der Waals surface area contributed by atoms with Gasteiger partial charge in [-0.25, -0.2) is 0 Å². The van der Waals surface area contributed by atoms with E-state index in [-0.39, 0.29) is 11.5 Å². The average Bonchev–Trinajstić information content (AvgIpc) is 2.38. The van der Waals surface area contributed by atoms with Crippen molar-refractivity contribution in [2.45, 2.75) is 0 Å². The fraction of sp³-hybridized carbons (Fsp3) is 0. The molecule has 0 atom stereocenters. The number of anilines is 1. The molecule has 0 heterocycles. The number of ketones is 1. The highest BCUT2D eigenvalue weighted by Gasteiger charge is 2.01. The van der Waals surface area contributed by atoms with Crippen molar-refractivity contribution in [3.63, 3.8) is 0 Å². The Labute approximate surface area is 105 Å². The maximum absolute atomic E-state index is 11.8. The lowest BCUT2D eigenvalue weighted by molar-refractivity contribution is 0.104. The lowest BCUT2D eigenvalue weighted by Crippen LogP contribution is -1.94. The van der Waals surface area contributed by atoms with Crippen LogP contribution in [0.4, 0.5) is 5.69 Å². The van der Waals surface area contributed by atoms with Gasteiger partial charge in [-0.1, -0.05) is 18.2 Å². The summed E-state index contributed by atoms with van der Waals surface area (Å²) in [6, 6.07) is 13.6. The molecule has 0 aliphatic carbocycles. The lowest BCUT2D eigenvalue weighted by atomic mass is 10.1. The summed E-state index contributed by atoms with van der Waals surface area (Å²) in [4.78, 5) is 11.8. The van der Waals surface area contributed by atoms with Gasteiger partial charge in [0.15, 0.2) is 5.78 Å². The van der Waals surface area contributed by atoms with Crippen LogP contribution in [0.25, 0.3) is 6.08 Å². The molecule has 0 radical (unpaired) electrons. The monoisotopic (exact) mass is 239 g/mol. The van der Waals surface area contributed by atoms with Crippen molar-refractivity contribution in [3.05, 3.63) is 65.7 Å². The molecule has 2 rings (SSSR count). The van der Waals surface area contributed by atoms with E-state index in [9.17, 15) is 9.90 Å². The number of allylic oxidation sites excluding steroid dienone is 1. The van der Waals surface area contributed by atoms with E-state index in [1.165, 1.54) is 6.08 Å². The number of carbonyl (C=O) groups excluding carboxylic acids is 1. The van der Waals surface area contributed by atoms with Gasteiger partial charge in [-0.3, -0.25) is 4.79 Å². The van der Waals surface area contributed by atoms with Crippen LogP contribution in [0, 0.1) is 0 Å². The number of benzene rings is 2. The second kappa shape index (κ2) is 5.19. The molecule has 0 bridgehead atoms. The Morgan fingerprint density at radius 2 is 1.72 bits per heavy atom. The maximum Gasteiger partial charge on any atom is 0.185 e. The molecule has 3 nitrogen and oxygen atoms in total. The third-order valence-corrected chi connectivity index (χ3v) is 2.55. The fourth-order valence-electron chi connectivity index (χ4n) is 1.54. The summed E-state index contributed by atoms with van der Waals surface area (Å²) in [5, 5.41) is 9.55. The molecule has 0 saturated heterocycles. The zero-order valence-electron chi connectivity index (χ0n) is 9.71. The molecule has 18 heavy (non-hydrogen) atoms. The summed E-state index contributed by atoms with van der Waals surface area (Å²) in [6.07, 6.45) is 3.02. The molecule has 0 aliphatic rings. The van der Waals surface area contributed by atoms with Crippen LogP contribution in [-0.4, -0.2) is 10.9 Å². The van der Waals surface area contributed by atoms with Gasteiger partial charge in [0.2, 0.25) is 0 Å². The van der Waals surface area contributed by atoms with E-state index in [1.54, 1.807) is 54.6 Å². The molecular weight excluding hydrogens is 226 g/mol. The van der Waals surface area contributed by atoms with Crippen LogP contribution in [0.1, 0.15) is 15.9 Å². The van der Waals surface area contributed by atoms with E-state index in [2.05, 4.69) is 0 Å². The third-order valence-electron chi connectivity index (χ3n) is 2.55. The predicted molar refractivity (Wildman–Crippen MR) is 72.3 cm³/mol. The Hall–Kier alpha value is -2.55. The van der Waals surface area contributed by atoms with Gasteiger partial charge in [-0.2, -0.15) is 0 Å². The number of nitrogen functional groups attached to an aromatic ring is 1. The minimum Gasteiger partial charge on any atom is -0.507 e. The highest BCUT2D eigenvalue weighted by atomic mass is 16.3. The number of hydrogen-bond donors (Lipinski definition) is 2. The van der Waals surface area contributed by atoms with Crippen LogP contribution < -0.4 is 5.73 Å². The van der Waals surface area contributed by atoms with Crippen molar-refractivity contribution >= 4 is 17.5 Å². The second-order valence-corrected chi connectivity index (χ2v) is 3.88. The smallest absolute Gasteiger partial charge is 0.185 e. The van der Waals surface area contributed by atoms with Gasteiger partial charge in [0.05, 0.1) is 0 Å². The minimum atomic E-state index is -0.127. The van der Waals surface area contributed by atoms with Crippen LogP contribution in [0.3, 0.4) is 0 Å². The zero-order valence-corrected chi connectivity index (χ0v) is 9.71. The van der Waals surface area contributed by atoms with Gasteiger partial charge in [-0.15, -0.1) is 0 Å². The number of rotatable bonds is 3. The Morgan fingerprint density at radius 1 is 1.06 bits per heavy atom. The first-order valence-electron chi connectivity index (χ1n) is 5.53. The van der Waals surface area contributed by atoms with Crippen molar-refractivity contribution < 1.29 is 9.90 Å². The quantitative estimate of drug-likeness (QED) is 0.492. The molecule has 0 amide bonds. The highest BCUT2D eigenvalue weighted by Crippen LogP contribution is 2.17. The lowest BCUT2D eigenvalue weighted by Gasteiger charge is -1.98.